The van der Waals surface area contributed by atoms with Gasteiger partial charge in [-0.15, -0.1) is 0 Å². The summed E-state index contributed by atoms with van der Waals surface area (Å²) in [7, 11) is 0. The second-order valence-electron chi connectivity index (χ2n) is 4.59. The molecule has 2 N–H and O–H groups in total. The SMILES string of the molecule is CC(=O)O[C@H]1[C@@H](O)[C@@H](O)[C@H](OC(C)=O)C[C@@H]1OC(C)=O. The number of esters is 3. The van der Waals surface area contributed by atoms with Gasteiger partial charge in [-0.1, -0.05) is 0 Å². The monoisotopic (exact) mass is 290 g/mol. The van der Waals surface area contributed by atoms with E-state index >= 15 is 0 Å². The van der Waals surface area contributed by atoms with E-state index in [1.807, 2.05) is 0 Å². The molecule has 0 spiro atoms. The van der Waals surface area contributed by atoms with Crippen molar-refractivity contribution in [1.29, 1.82) is 0 Å². The van der Waals surface area contributed by atoms with Crippen molar-refractivity contribution in [3.8, 4) is 0 Å². The number of carbonyl (C=O) groups excluding carboxylic acids is 3. The quantitative estimate of drug-likeness (QED) is 0.497. The molecule has 114 valence electrons. The van der Waals surface area contributed by atoms with Crippen LogP contribution in [0.3, 0.4) is 0 Å². The predicted molar refractivity (Wildman–Crippen MR) is 63.3 cm³/mol. The average molecular weight is 290 g/mol. The van der Waals surface area contributed by atoms with Crippen LogP contribution in [-0.4, -0.2) is 58.6 Å². The molecule has 0 aromatic carbocycles. The summed E-state index contributed by atoms with van der Waals surface area (Å²) < 4.78 is 14.7. The van der Waals surface area contributed by atoms with E-state index in [0.717, 1.165) is 20.8 Å². The third-order valence-corrected chi connectivity index (χ3v) is 2.84. The van der Waals surface area contributed by atoms with Gasteiger partial charge in [-0.3, -0.25) is 14.4 Å². The maximum Gasteiger partial charge on any atom is 0.303 e. The Morgan fingerprint density at radius 2 is 1.25 bits per heavy atom. The van der Waals surface area contributed by atoms with Gasteiger partial charge < -0.3 is 24.4 Å². The normalized spacial score (nSPS) is 33.1. The van der Waals surface area contributed by atoms with Crippen molar-refractivity contribution in [2.45, 2.75) is 57.7 Å². The first-order valence-corrected chi connectivity index (χ1v) is 6.10. The molecule has 1 aliphatic rings. The molecule has 0 radical (unpaired) electrons. The zero-order chi connectivity index (χ0) is 15.4. The van der Waals surface area contributed by atoms with Crippen LogP contribution in [0.4, 0.5) is 0 Å². The topological polar surface area (TPSA) is 119 Å². The molecule has 1 fully saturated rings. The molecule has 5 atom stereocenters. The van der Waals surface area contributed by atoms with Crippen LogP contribution in [-0.2, 0) is 28.6 Å². The number of ether oxygens (including phenoxy) is 3. The molecule has 0 saturated heterocycles. The van der Waals surface area contributed by atoms with E-state index in [2.05, 4.69) is 0 Å². The Balaban J connectivity index is 2.90. The molecular formula is C12H18O8. The lowest BCUT2D eigenvalue weighted by Gasteiger charge is -2.40. The maximum absolute atomic E-state index is 11.0. The number of aliphatic hydroxyl groups is 2. The number of carbonyl (C=O) groups is 3. The van der Waals surface area contributed by atoms with Crippen molar-refractivity contribution in [2.24, 2.45) is 0 Å². The van der Waals surface area contributed by atoms with Crippen molar-refractivity contribution in [1.82, 2.24) is 0 Å². The minimum Gasteiger partial charge on any atom is -0.460 e. The molecule has 8 heteroatoms. The smallest absolute Gasteiger partial charge is 0.303 e. The van der Waals surface area contributed by atoms with Crippen LogP contribution >= 0.6 is 0 Å². The van der Waals surface area contributed by atoms with E-state index in [9.17, 15) is 24.6 Å². The summed E-state index contributed by atoms with van der Waals surface area (Å²) in [4.78, 5) is 33.0. The molecule has 0 unspecified atom stereocenters. The van der Waals surface area contributed by atoms with Gasteiger partial charge in [0, 0.05) is 27.2 Å². The van der Waals surface area contributed by atoms with Crippen LogP contribution in [0, 0.1) is 0 Å². The average Bonchev–Trinajstić information content (AvgIpc) is 2.29. The van der Waals surface area contributed by atoms with Crippen molar-refractivity contribution >= 4 is 17.9 Å². The van der Waals surface area contributed by atoms with Gasteiger partial charge in [-0.2, -0.15) is 0 Å². The van der Waals surface area contributed by atoms with E-state index in [1.54, 1.807) is 0 Å². The zero-order valence-corrected chi connectivity index (χ0v) is 11.4. The van der Waals surface area contributed by atoms with E-state index in [-0.39, 0.29) is 6.42 Å². The number of hydrogen-bond acceptors (Lipinski definition) is 8. The van der Waals surface area contributed by atoms with Gasteiger partial charge in [-0.05, 0) is 0 Å². The highest BCUT2D eigenvalue weighted by Gasteiger charge is 2.48. The summed E-state index contributed by atoms with van der Waals surface area (Å²) in [6, 6.07) is 0. The first-order chi connectivity index (χ1) is 9.22. The summed E-state index contributed by atoms with van der Waals surface area (Å²) in [6.07, 6.45) is -6.29. The molecule has 1 aliphatic carbocycles. The third-order valence-electron chi connectivity index (χ3n) is 2.84. The largest absolute Gasteiger partial charge is 0.460 e. The third kappa shape index (κ3) is 4.17. The lowest BCUT2D eigenvalue weighted by molar-refractivity contribution is -0.215. The molecule has 20 heavy (non-hydrogen) atoms. The highest BCUT2D eigenvalue weighted by atomic mass is 16.6. The van der Waals surface area contributed by atoms with E-state index in [4.69, 9.17) is 14.2 Å². The summed E-state index contributed by atoms with van der Waals surface area (Å²) >= 11 is 0. The highest BCUT2D eigenvalue weighted by molar-refractivity contribution is 5.68. The highest BCUT2D eigenvalue weighted by Crippen LogP contribution is 2.28. The van der Waals surface area contributed by atoms with Crippen LogP contribution in [0.1, 0.15) is 27.2 Å². The summed E-state index contributed by atoms with van der Waals surface area (Å²) in [5.41, 5.74) is 0. The molecule has 1 saturated carbocycles. The van der Waals surface area contributed by atoms with Crippen LogP contribution < -0.4 is 0 Å². The molecule has 0 bridgehead atoms. The summed E-state index contributed by atoms with van der Waals surface area (Å²) in [5.74, 6) is -1.98. The van der Waals surface area contributed by atoms with Gasteiger partial charge in [0.1, 0.15) is 24.4 Å². The predicted octanol–water partition coefficient (Wildman–Crippen LogP) is -1.09. The molecule has 0 aliphatic heterocycles. The molecule has 0 aromatic heterocycles. The molecule has 8 nitrogen and oxygen atoms in total. The standard InChI is InChI=1S/C12H18O8/c1-5(13)18-8-4-9(19-6(2)14)12(20-7(3)15)11(17)10(8)16/h8-12,16-17H,4H2,1-3H3/t8-,9+,10+,11+,12-/m1/s1. The van der Waals surface area contributed by atoms with Crippen molar-refractivity contribution in [3.05, 3.63) is 0 Å². The first-order valence-electron chi connectivity index (χ1n) is 6.10. The maximum atomic E-state index is 11.0. The Hall–Kier alpha value is -1.67. The van der Waals surface area contributed by atoms with E-state index < -0.39 is 48.4 Å². The Bertz CT molecular complexity index is 393. The second-order valence-corrected chi connectivity index (χ2v) is 4.59. The van der Waals surface area contributed by atoms with Crippen LogP contribution in [0.15, 0.2) is 0 Å². The Morgan fingerprint density at radius 3 is 1.70 bits per heavy atom. The second kappa shape index (κ2) is 6.67. The fraction of sp³-hybridized carbons (Fsp3) is 0.750. The molecule has 0 amide bonds. The van der Waals surface area contributed by atoms with Gasteiger partial charge in [0.2, 0.25) is 0 Å². The summed E-state index contributed by atoms with van der Waals surface area (Å²) in [6.45, 7) is 3.43. The summed E-state index contributed by atoms with van der Waals surface area (Å²) in [5, 5.41) is 19.8. The van der Waals surface area contributed by atoms with Gasteiger partial charge in [0.25, 0.3) is 0 Å². The minimum atomic E-state index is -1.53. The first kappa shape index (κ1) is 16.4. The molecular weight excluding hydrogens is 272 g/mol. The van der Waals surface area contributed by atoms with Crippen molar-refractivity contribution < 1.29 is 38.8 Å². The molecule has 0 aromatic rings. The van der Waals surface area contributed by atoms with Crippen LogP contribution in [0.2, 0.25) is 0 Å². The Labute approximate surface area is 115 Å². The number of aliphatic hydroxyl groups excluding tert-OH is 2. The Kier molecular flexibility index (Phi) is 5.46. The van der Waals surface area contributed by atoms with Gasteiger partial charge in [0.15, 0.2) is 6.10 Å². The van der Waals surface area contributed by atoms with E-state index in [1.165, 1.54) is 0 Å². The minimum absolute atomic E-state index is 0.0741. The lowest BCUT2D eigenvalue weighted by atomic mass is 9.87. The molecule has 1 rings (SSSR count). The zero-order valence-electron chi connectivity index (χ0n) is 11.4. The van der Waals surface area contributed by atoms with Crippen molar-refractivity contribution in [3.63, 3.8) is 0 Å². The number of hydrogen-bond donors (Lipinski definition) is 2. The van der Waals surface area contributed by atoms with Gasteiger partial charge >= 0.3 is 17.9 Å². The van der Waals surface area contributed by atoms with Gasteiger partial charge in [0.05, 0.1) is 0 Å². The fourth-order valence-electron chi connectivity index (χ4n) is 2.13. The van der Waals surface area contributed by atoms with Crippen LogP contribution in [0.25, 0.3) is 0 Å². The fourth-order valence-corrected chi connectivity index (χ4v) is 2.13. The molecule has 0 heterocycles. The Morgan fingerprint density at radius 1 is 0.800 bits per heavy atom. The number of rotatable bonds is 3. The lowest BCUT2D eigenvalue weighted by Crippen LogP contribution is -2.59. The van der Waals surface area contributed by atoms with Crippen molar-refractivity contribution in [2.75, 3.05) is 0 Å². The van der Waals surface area contributed by atoms with Gasteiger partial charge in [-0.25, -0.2) is 0 Å². The van der Waals surface area contributed by atoms with Crippen LogP contribution in [0.5, 0.6) is 0 Å². The van der Waals surface area contributed by atoms with E-state index in [0.29, 0.717) is 0 Å².